The summed E-state index contributed by atoms with van der Waals surface area (Å²) in [6, 6.07) is 20.8. The molecule has 1 heterocycles. The summed E-state index contributed by atoms with van der Waals surface area (Å²) in [6.07, 6.45) is -0.948. The number of hydrogen-bond donors (Lipinski definition) is 1. The summed E-state index contributed by atoms with van der Waals surface area (Å²) in [5, 5.41) is 12.2. The number of ether oxygens (including phenoxy) is 2. The minimum Gasteiger partial charge on any atom is -0.492 e. The van der Waals surface area contributed by atoms with Gasteiger partial charge in [0.2, 0.25) is 0 Å². The third-order valence-corrected chi connectivity index (χ3v) is 6.24. The highest BCUT2D eigenvalue weighted by Crippen LogP contribution is 2.29. The number of hydrogen-bond acceptors (Lipinski definition) is 7. The largest absolute Gasteiger partial charge is 0.492 e. The van der Waals surface area contributed by atoms with Crippen LogP contribution in [0, 0.1) is 4.91 Å². The van der Waals surface area contributed by atoms with Gasteiger partial charge in [0.05, 0.1) is 16.8 Å². The molecule has 3 aromatic carbocycles. The quantitative estimate of drug-likeness (QED) is 0.327. The maximum absolute atomic E-state index is 12.6. The third-order valence-electron chi connectivity index (χ3n) is 5.30. The van der Waals surface area contributed by atoms with Crippen molar-refractivity contribution in [1.82, 2.24) is 4.57 Å². The number of carboxylic acids is 1. The second-order valence-corrected chi connectivity index (χ2v) is 8.58. The molecular weight excluding hydrogens is 456 g/mol. The number of aliphatic carboxylic acids is 1. The van der Waals surface area contributed by atoms with Crippen LogP contribution in [0.5, 0.6) is 11.5 Å². The van der Waals surface area contributed by atoms with Crippen LogP contribution in [-0.2, 0) is 11.3 Å². The molecular formula is C25H22N2O6S. The summed E-state index contributed by atoms with van der Waals surface area (Å²) in [5.41, 5.74) is 2.30. The number of thiazole rings is 1. The Hall–Kier alpha value is -3.98. The highest BCUT2D eigenvalue weighted by Gasteiger charge is 2.17. The highest BCUT2D eigenvalue weighted by atomic mass is 32.1. The summed E-state index contributed by atoms with van der Waals surface area (Å²) in [5.74, 6) is -0.0384. The van der Waals surface area contributed by atoms with Gasteiger partial charge in [0.15, 0.2) is 6.10 Å². The Morgan fingerprint density at radius 3 is 2.41 bits per heavy atom. The van der Waals surface area contributed by atoms with Crippen LogP contribution in [-0.4, -0.2) is 28.4 Å². The first kappa shape index (κ1) is 23.2. The molecule has 2 atom stereocenters. The van der Waals surface area contributed by atoms with Gasteiger partial charge in [-0.05, 0) is 54.4 Å². The van der Waals surface area contributed by atoms with E-state index in [1.807, 2.05) is 48.5 Å². The molecule has 1 N–H and O–H groups in total. The predicted molar refractivity (Wildman–Crippen MR) is 130 cm³/mol. The molecule has 2 unspecified atom stereocenters. The van der Waals surface area contributed by atoms with Gasteiger partial charge in [0, 0.05) is 0 Å². The summed E-state index contributed by atoms with van der Waals surface area (Å²) in [6.45, 7) is 2.07. The van der Waals surface area contributed by atoms with E-state index in [2.05, 4.69) is 5.18 Å². The molecule has 0 aliphatic carbocycles. The fourth-order valence-electron chi connectivity index (χ4n) is 3.54. The Kier molecular flexibility index (Phi) is 7.03. The first-order valence-electron chi connectivity index (χ1n) is 10.6. The van der Waals surface area contributed by atoms with Crippen molar-refractivity contribution in [3.05, 3.63) is 98.5 Å². The second-order valence-electron chi connectivity index (χ2n) is 7.58. The van der Waals surface area contributed by atoms with Crippen molar-refractivity contribution < 1.29 is 19.4 Å². The van der Waals surface area contributed by atoms with Gasteiger partial charge in [-0.2, -0.15) is 0 Å². The number of carboxylic acid groups (broad SMARTS) is 1. The van der Waals surface area contributed by atoms with Crippen molar-refractivity contribution in [2.75, 3.05) is 6.61 Å². The topological polar surface area (TPSA) is 107 Å². The van der Waals surface area contributed by atoms with E-state index in [4.69, 9.17) is 14.6 Å². The van der Waals surface area contributed by atoms with Crippen molar-refractivity contribution >= 4 is 27.5 Å². The zero-order valence-corrected chi connectivity index (χ0v) is 19.1. The molecule has 0 spiro atoms. The van der Waals surface area contributed by atoms with E-state index in [0.29, 0.717) is 18.0 Å². The fraction of sp³-hybridized carbons (Fsp3) is 0.200. The van der Waals surface area contributed by atoms with E-state index in [9.17, 15) is 14.5 Å². The molecule has 8 nitrogen and oxygen atoms in total. The van der Waals surface area contributed by atoms with E-state index in [0.717, 1.165) is 32.7 Å². The van der Waals surface area contributed by atoms with E-state index >= 15 is 0 Å². The second kappa shape index (κ2) is 10.3. The number of rotatable bonds is 10. The fourth-order valence-corrected chi connectivity index (χ4v) is 4.50. The van der Waals surface area contributed by atoms with Crippen molar-refractivity contribution in [3.63, 3.8) is 0 Å². The maximum Gasteiger partial charge on any atom is 0.344 e. The number of nitrogens with zero attached hydrogens (tertiary/aromatic N) is 2. The molecule has 0 aliphatic rings. The molecule has 0 aliphatic heterocycles. The maximum atomic E-state index is 12.6. The average Bonchev–Trinajstić information content (AvgIpc) is 3.15. The van der Waals surface area contributed by atoms with Crippen LogP contribution in [0.1, 0.15) is 24.1 Å². The number of carbonyl (C=O) groups is 1. The lowest BCUT2D eigenvalue weighted by Gasteiger charge is -2.12. The Balaban J connectivity index is 1.44. The van der Waals surface area contributed by atoms with Gasteiger partial charge in [-0.15, -0.1) is 4.91 Å². The van der Waals surface area contributed by atoms with E-state index in [1.165, 1.54) is 6.92 Å². The molecule has 0 saturated heterocycles. The lowest BCUT2D eigenvalue weighted by atomic mass is 9.99. The Morgan fingerprint density at radius 2 is 1.74 bits per heavy atom. The van der Waals surface area contributed by atoms with E-state index in [-0.39, 0.29) is 11.5 Å². The molecule has 34 heavy (non-hydrogen) atoms. The molecule has 0 bridgehead atoms. The highest BCUT2D eigenvalue weighted by molar-refractivity contribution is 7.16. The number of aromatic nitrogens is 1. The van der Waals surface area contributed by atoms with Crippen LogP contribution in [0.15, 0.2) is 82.8 Å². The van der Waals surface area contributed by atoms with Gasteiger partial charge in [0.25, 0.3) is 0 Å². The zero-order valence-electron chi connectivity index (χ0n) is 18.3. The molecule has 0 saturated carbocycles. The molecule has 0 fully saturated rings. The molecule has 9 heteroatoms. The molecule has 4 aromatic rings. The Labute approximate surface area is 199 Å². The standard InChI is InChI=1S/C25H22N2O6S/c1-16(24(28)29)33-20-10-8-19(9-11-20)32-14-13-27-21-12-7-18(15-22(21)34-25(27)30)23(26-31)17-5-3-2-4-6-17/h2-12,15-16,23H,13-14H2,1H3,(H,28,29). The number of benzene rings is 3. The zero-order chi connectivity index (χ0) is 24.1. The Bertz CT molecular complexity index is 1350. The van der Waals surface area contributed by atoms with Crippen molar-refractivity contribution in [2.45, 2.75) is 25.6 Å². The number of nitroso groups, excluding NO2 is 1. The summed E-state index contributed by atoms with van der Waals surface area (Å²) >= 11 is 1.12. The van der Waals surface area contributed by atoms with Crippen molar-refractivity contribution in [2.24, 2.45) is 5.18 Å². The summed E-state index contributed by atoms with van der Waals surface area (Å²) in [4.78, 5) is 34.9. The lowest BCUT2D eigenvalue weighted by molar-refractivity contribution is -0.144. The minimum absolute atomic E-state index is 0.113. The van der Waals surface area contributed by atoms with Gasteiger partial charge in [0.1, 0.15) is 24.1 Å². The summed E-state index contributed by atoms with van der Waals surface area (Å²) in [7, 11) is 0. The van der Waals surface area contributed by atoms with E-state index in [1.54, 1.807) is 28.8 Å². The SMILES string of the molecule is CC(Oc1ccc(OCCn2c(=O)sc3cc(C(N=O)c4ccccc4)ccc32)cc1)C(=O)O. The van der Waals surface area contributed by atoms with Crippen LogP contribution < -0.4 is 14.3 Å². The first-order valence-corrected chi connectivity index (χ1v) is 11.4. The molecule has 174 valence electrons. The summed E-state index contributed by atoms with van der Waals surface area (Å²) < 4.78 is 13.5. The van der Waals surface area contributed by atoms with Crippen LogP contribution in [0.25, 0.3) is 10.2 Å². The first-order chi connectivity index (χ1) is 16.5. The van der Waals surface area contributed by atoms with Crippen LogP contribution >= 0.6 is 11.3 Å². The van der Waals surface area contributed by atoms with Crippen LogP contribution in [0.2, 0.25) is 0 Å². The molecule has 0 amide bonds. The van der Waals surface area contributed by atoms with Crippen molar-refractivity contribution in [1.29, 1.82) is 0 Å². The molecule has 1 aromatic heterocycles. The normalized spacial score (nSPS) is 12.7. The molecule has 0 radical (unpaired) electrons. The van der Waals surface area contributed by atoms with Crippen molar-refractivity contribution in [3.8, 4) is 11.5 Å². The third kappa shape index (κ3) is 5.15. The smallest absolute Gasteiger partial charge is 0.344 e. The van der Waals surface area contributed by atoms with Gasteiger partial charge < -0.3 is 14.6 Å². The average molecular weight is 479 g/mol. The Morgan fingerprint density at radius 1 is 1.03 bits per heavy atom. The van der Waals surface area contributed by atoms with Gasteiger partial charge in [-0.3, -0.25) is 9.36 Å². The van der Waals surface area contributed by atoms with E-state index < -0.39 is 18.1 Å². The number of fused-ring (bicyclic) bond motifs is 1. The van der Waals surface area contributed by atoms with Gasteiger partial charge >= 0.3 is 10.8 Å². The predicted octanol–water partition coefficient (Wildman–Crippen LogP) is 4.85. The lowest BCUT2D eigenvalue weighted by Crippen LogP contribution is -2.22. The van der Waals surface area contributed by atoms with Gasteiger partial charge in [-0.25, -0.2) is 4.79 Å². The van der Waals surface area contributed by atoms with Crippen LogP contribution in [0.3, 0.4) is 0 Å². The molecule has 4 rings (SSSR count). The minimum atomic E-state index is -1.04. The van der Waals surface area contributed by atoms with Crippen LogP contribution in [0.4, 0.5) is 0 Å². The van der Waals surface area contributed by atoms with Gasteiger partial charge in [-0.1, -0.05) is 52.9 Å². The monoisotopic (exact) mass is 478 g/mol.